The van der Waals surface area contributed by atoms with Gasteiger partial charge in [0.15, 0.2) is 0 Å². The van der Waals surface area contributed by atoms with E-state index < -0.39 is 0 Å². The van der Waals surface area contributed by atoms with Gasteiger partial charge in [0.2, 0.25) is 0 Å². The molecule has 0 spiro atoms. The van der Waals surface area contributed by atoms with Crippen LogP contribution in [0.5, 0.6) is 0 Å². The van der Waals surface area contributed by atoms with E-state index >= 15 is 0 Å². The normalized spacial score (nSPS) is 38.0. The van der Waals surface area contributed by atoms with E-state index in [2.05, 4.69) is 23.9 Å². The van der Waals surface area contributed by atoms with Crippen LogP contribution in [0.4, 0.5) is 0 Å². The highest BCUT2D eigenvalue weighted by Gasteiger charge is 2.30. The summed E-state index contributed by atoms with van der Waals surface area (Å²) in [5.41, 5.74) is 0. The Morgan fingerprint density at radius 1 is 1.33 bits per heavy atom. The van der Waals surface area contributed by atoms with Crippen LogP contribution in [0.1, 0.15) is 25.7 Å². The van der Waals surface area contributed by atoms with E-state index in [1.54, 1.807) is 0 Å². The smallest absolute Gasteiger partial charge is 0.0695 e. The fourth-order valence-electron chi connectivity index (χ4n) is 3.15. The van der Waals surface area contributed by atoms with Gasteiger partial charge in [0.1, 0.15) is 0 Å². The summed E-state index contributed by atoms with van der Waals surface area (Å²) >= 11 is 0. The fourth-order valence-corrected chi connectivity index (χ4v) is 3.15. The standard InChI is InChI=1S/C12H24N2O/c1-13-7-6-10(8-13)9-14(2)11-4-3-5-12(11)15/h10-12,15H,3-9H2,1-2H3/t10?,11-,12-/m1/s1. The second kappa shape index (κ2) is 4.81. The van der Waals surface area contributed by atoms with Crippen molar-refractivity contribution in [3.8, 4) is 0 Å². The van der Waals surface area contributed by atoms with Crippen molar-refractivity contribution in [2.75, 3.05) is 33.7 Å². The molecular weight excluding hydrogens is 188 g/mol. The van der Waals surface area contributed by atoms with E-state index in [0.29, 0.717) is 6.04 Å². The van der Waals surface area contributed by atoms with E-state index in [4.69, 9.17) is 0 Å². The topological polar surface area (TPSA) is 26.7 Å². The number of nitrogens with zero attached hydrogens (tertiary/aromatic N) is 2. The van der Waals surface area contributed by atoms with Crippen LogP contribution in [0.2, 0.25) is 0 Å². The third kappa shape index (κ3) is 2.71. The second-order valence-corrected chi connectivity index (χ2v) is 5.42. The van der Waals surface area contributed by atoms with Gasteiger partial charge in [-0.25, -0.2) is 0 Å². The zero-order chi connectivity index (χ0) is 10.8. The molecule has 0 amide bonds. The molecule has 2 fully saturated rings. The Bertz CT molecular complexity index is 210. The molecule has 1 aliphatic heterocycles. The largest absolute Gasteiger partial charge is 0.391 e. The van der Waals surface area contributed by atoms with Crippen molar-refractivity contribution in [3.63, 3.8) is 0 Å². The summed E-state index contributed by atoms with van der Waals surface area (Å²) in [7, 11) is 4.38. The third-order valence-corrected chi connectivity index (χ3v) is 4.05. The minimum atomic E-state index is -0.0749. The van der Waals surface area contributed by atoms with Crippen LogP contribution in [-0.4, -0.2) is 60.8 Å². The lowest BCUT2D eigenvalue weighted by Crippen LogP contribution is -2.40. The van der Waals surface area contributed by atoms with Crippen molar-refractivity contribution in [2.45, 2.75) is 37.8 Å². The van der Waals surface area contributed by atoms with E-state index in [1.165, 1.54) is 32.4 Å². The van der Waals surface area contributed by atoms with E-state index in [1.807, 2.05) is 0 Å². The Balaban J connectivity index is 1.78. The molecule has 3 atom stereocenters. The monoisotopic (exact) mass is 212 g/mol. The molecule has 2 rings (SSSR count). The summed E-state index contributed by atoms with van der Waals surface area (Å²) in [6.07, 6.45) is 4.62. The molecule has 0 radical (unpaired) electrons. The van der Waals surface area contributed by atoms with E-state index in [9.17, 15) is 5.11 Å². The quantitative estimate of drug-likeness (QED) is 0.749. The fraction of sp³-hybridized carbons (Fsp3) is 1.00. The van der Waals surface area contributed by atoms with Crippen molar-refractivity contribution in [2.24, 2.45) is 5.92 Å². The zero-order valence-electron chi connectivity index (χ0n) is 10.0. The number of likely N-dealkylation sites (tertiary alicyclic amines) is 1. The Morgan fingerprint density at radius 3 is 2.67 bits per heavy atom. The van der Waals surface area contributed by atoms with Crippen LogP contribution >= 0.6 is 0 Å². The maximum Gasteiger partial charge on any atom is 0.0695 e. The van der Waals surface area contributed by atoms with Crippen molar-refractivity contribution < 1.29 is 5.11 Å². The average molecular weight is 212 g/mol. The van der Waals surface area contributed by atoms with Crippen molar-refractivity contribution in [1.29, 1.82) is 0 Å². The molecule has 1 aliphatic carbocycles. The lowest BCUT2D eigenvalue weighted by Gasteiger charge is -2.29. The summed E-state index contributed by atoms with van der Waals surface area (Å²) in [5, 5.41) is 9.83. The highest BCUT2D eigenvalue weighted by atomic mass is 16.3. The number of hydrogen-bond acceptors (Lipinski definition) is 3. The molecule has 0 aromatic rings. The summed E-state index contributed by atoms with van der Waals surface area (Å²) in [5.74, 6) is 0.813. The molecule has 1 heterocycles. The second-order valence-electron chi connectivity index (χ2n) is 5.42. The maximum absolute atomic E-state index is 9.83. The van der Waals surface area contributed by atoms with Crippen molar-refractivity contribution in [1.82, 2.24) is 9.80 Å². The number of aliphatic hydroxyl groups is 1. The summed E-state index contributed by atoms with van der Waals surface area (Å²) in [6.45, 7) is 3.63. The molecule has 1 N–H and O–H groups in total. The first kappa shape index (κ1) is 11.4. The third-order valence-electron chi connectivity index (χ3n) is 4.05. The predicted molar refractivity (Wildman–Crippen MR) is 61.9 cm³/mol. The molecule has 15 heavy (non-hydrogen) atoms. The number of hydrogen-bond donors (Lipinski definition) is 1. The van der Waals surface area contributed by atoms with Gasteiger partial charge in [0.25, 0.3) is 0 Å². The van der Waals surface area contributed by atoms with Gasteiger partial charge in [0, 0.05) is 19.1 Å². The number of aliphatic hydroxyl groups excluding tert-OH is 1. The van der Waals surface area contributed by atoms with Gasteiger partial charge < -0.3 is 14.9 Å². The molecule has 1 unspecified atom stereocenters. The summed E-state index contributed by atoms with van der Waals surface area (Å²) < 4.78 is 0. The van der Waals surface area contributed by atoms with Crippen molar-refractivity contribution >= 4 is 0 Å². The molecule has 1 saturated carbocycles. The first-order valence-electron chi connectivity index (χ1n) is 6.23. The van der Waals surface area contributed by atoms with Gasteiger partial charge in [-0.05, 0) is 52.2 Å². The Kier molecular flexibility index (Phi) is 3.65. The minimum Gasteiger partial charge on any atom is -0.391 e. The molecular formula is C12H24N2O. The lowest BCUT2D eigenvalue weighted by molar-refractivity contribution is 0.0780. The summed E-state index contributed by atoms with van der Waals surface area (Å²) in [4.78, 5) is 4.80. The molecule has 0 bridgehead atoms. The minimum absolute atomic E-state index is 0.0749. The molecule has 1 saturated heterocycles. The molecule has 3 nitrogen and oxygen atoms in total. The van der Waals surface area contributed by atoms with E-state index in [-0.39, 0.29) is 6.10 Å². The highest BCUT2D eigenvalue weighted by Crippen LogP contribution is 2.25. The molecule has 3 heteroatoms. The van der Waals surface area contributed by atoms with Gasteiger partial charge >= 0.3 is 0 Å². The molecule has 88 valence electrons. The van der Waals surface area contributed by atoms with Crippen LogP contribution in [0.25, 0.3) is 0 Å². The Labute approximate surface area is 93.1 Å². The highest BCUT2D eigenvalue weighted by molar-refractivity contribution is 4.86. The SMILES string of the molecule is CN1CCC(CN(C)[C@@H]2CCC[C@H]2O)C1. The van der Waals surface area contributed by atoms with Gasteiger partial charge in [0.05, 0.1) is 6.10 Å². The molecule has 0 aromatic carbocycles. The average Bonchev–Trinajstić information content (AvgIpc) is 2.75. The van der Waals surface area contributed by atoms with E-state index in [0.717, 1.165) is 18.9 Å². The van der Waals surface area contributed by atoms with Crippen LogP contribution in [0.15, 0.2) is 0 Å². The van der Waals surface area contributed by atoms with Crippen LogP contribution in [0.3, 0.4) is 0 Å². The van der Waals surface area contributed by atoms with Crippen LogP contribution < -0.4 is 0 Å². The summed E-state index contributed by atoms with van der Waals surface area (Å²) in [6, 6.07) is 0.427. The predicted octanol–water partition coefficient (Wildman–Crippen LogP) is 0.783. The van der Waals surface area contributed by atoms with Gasteiger partial charge in [-0.3, -0.25) is 0 Å². The van der Waals surface area contributed by atoms with Gasteiger partial charge in [-0.1, -0.05) is 0 Å². The maximum atomic E-state index is 9.83. The number of rotatable bonds is 3. The van der Waals surface area contributed by atoms with Crippen LogP contribution in [0, 0.1) is 5.92 Å². The molecule has 2 aliphatic rings. The van der Waals surface area contributed by atoms with Gasteiger partial charge in [-0.15, -0.1) is 0 Å². The Hall–Kier alpha value is -0.120. The number of likely N-dealkylation sites (N-methyl/N-ethyl adjacent to an activating group) is 1. The van der Waals surface area contributed by atoms with Gasteiger partial charge in [-0.2, -0.15) is 0 Å². The Morgan fingerprint density at radius 2 is 2.13 bits per heavy atom. The zero-order valence-corrected chi connectivity index (χ0v) is 10.0. The van der Waals surface area contributed by atoms with Crippen molar-refractivity contribution in [3.05, 3.63) is 0 Å². The van der Waals surface area contributed by atoms with Crippen LogP contribution in [-0.2, 0) is 0 Å². The lowest BCUT2D eigenvalue weighted by atomic mass is 10.1. The molecule has 0 aromatic heterocycles. The first-order chi connectivity index (χ1) is 7.16. The first-order valence-corrected chi connectivity index (χ1v) is 6.23.